The zero-order valence-corrected chi connectivity index (χ0v) is 22.4. The molecule has 194 valence electrons. The normalized spacial score (nSPS) is 14.2. The van der Waals surface area contributed by atoms with E-state index in [0.717, 1.165) is 32.3 Å². The van der Waals surface area contributed by atoms with Crippen molar-refractivity contribution in [1.82, 2.24) is 20.2 Å². The largest absolute Gasteiger partial charge is 0.461 e. The smallest absolute Gasteiger partial charge is 0.308 e. The number of esters is 1. The molecular weight excluding hydrogens is 526 g/mol. The molecule has 1 atom stereocenters. The van der Waals surface area contributed by atoms with Crippen LogP contribution in [0.2, 0.25) is 5.02 Å². The van der Waals surface area contributed by atoms with E-state index in [4.69, 9.17) is 26.5 Å². The quantitative estimate of drug-likeness (QED) is 0.197. The molecule has 11 heteroatoms. The van der Waals surface area contributed by atoms with Crippen LogP contribution in [0, 0.1) is 20.8 Å². The molecule has 0 saturated heterocycles. The molecular formula is C27H24ClN5O4S. The number of halogens is 1. The average Bonchev–Trinajstić information content (AvgIpc) is 3.39. The molecule has 0 radical (unpaired) electrons. The molecule has 0 aliphatic carbocycles. The third kappa shape index (κ3) is 4.85. The third-order valence-electron chi connectivity index (χ3n) is 6.43. The molecule has 0 fully saturated rings. The molecule has 38 heavy (non-hydrogen) atoms. The number of hydrogen-bond acceptors (Lipinski definition) is 8. The molecule has 3 heterocycles. The molecule has 2 N–H and O–H groups in total. The number of aromatic nitrogens is 3. The Kier molecular flexibility index (Phi) is 7.11. The summed E-state index contributed by atoms with van der Waals surface area (Å²) in [7, 11) is 0. The first kappa shape index (κ1) is 25.8. The van der Waals surface area contributed by atoms with Crippen molar-refractivity contribution in [2.75, 3.05) is 0 Å². The van der Waals surface area contributed by atoms with Gasteiger partial charge in [-0.3, -0.25) is 24.4 Å². The van der Waals surface area contributed by atoms with Crippen LogP contribution in [0.15, 0.2) is 53.5 Å². The molecule has 2 aromatic carbocycles. The minimum absolute atomic E-state index is 0.0255. The van der Waals surface area contributed by atoms with Crippen molar-refractivity contribution in [3.05, 3.63) is 97.9 Å². The van der Waals surface area contributed by atoms with Crippen LogP contribution in [-0.2, 0) is 16.1 Å². The maximum Gasteiger partial charge on any atom is 0.308 e. The lowest BCUT2D eigenvalue weighted by atomic mass is 9.99. The number of hydroxylamine groups is 1. The minimum atomic E-state index is -0.621. The SMILES string of the molecule is Cc1sc2c(c1C)C(c1ccc(Cl)cc1)=N[C@@H](CC(=O)OCc1ccc(C(=O)NO)cc1)c1nnc(C)n1-2. The second kappa shape index (κ2) is 10.5. The molecule has 0 saturated carbocycles. The summed E-state index contributed by atoms with van der Waals surface area (Å²) in [6.45, 7) is 6.05. The van der Waals surface area contributed by atoms with Gasteiger partial charge in [0, 0.05) is 26.6 Å². The van der Waals surface area contributed by atoms with Gasteiger partial charge in [0.2, 0.25) is 0 Å². The van der Waals surface area contributed by atoms with Crippen molar-refractivity contribution < 1.29 is 19.5 Å². The van der Waals surface area contributed by atoms with Gasteiger partial charge in [-0.25, -0.2) is 5.48 Å². The number of aryl methyl sites for hydroxylation is 2. The number of rotatable bonds is 6. The highest BCUT2D eigenvalue weighted by Gasteiger charge is 2.32. The summed E-state index contributed by atoms with van der Waals surface area (Å²) >= 11 is 7.80. The number of amides is 1. The van der Waals surface area contributed by atoms with Gasteiger partial charge in [-0.05, 0) is 56.2 Å². The number of carbonyl (C=O) groups excluding carboxylic acids is 2. The van der Waals surface area contributed by atoms with Gasteiger partial charge in [-0.15, -0.1) is 21.5 Å². The summed E-state index contributed by atoms with van der Waals surface area (Å²) in [5.74, 6) is 0.220. The van der Waals surface area contributed by atoms with E-state index >= 15 is 0 Å². The fourth-order valence-electron chi connectivity index (χ4n) is 4.33. The van der Waals surface area contributed by atoms with Gasteiger partial charge in [0.25, 0.3) is 5.91 Å². The summed E-state index contributed by atoms with van der Waals surface area (Å²) in [5, 5.41) is 19.1. The zero-order valence-electron chi connectivity index (χ0n) is 20.9. The lowest BCUT2D eigenvalue weighted by molar-refractivity contribution is -0.145. The Morgan fingerprint density at radius 1 is 1.08 bits per heavy atom. The van der Waals surface area contributed by atoms with Crippen molar-refractivity contribution >= 4 is 40.5 Å². The number of thiophene rings is 1. The van der Waals surface area contributed by atoms with Crippen molar-refractivity contribution in [3.8, 4) is 5.00 Å². The van der Waals surface area contributed by atoms with Crippen molar-refractivity contribution in [2.45, 2.75) is 39.8 Å². The summed E-state index contributed by atoms with van der Waals surface area (Å²) in [5.41, 5.74) is 6.32. The number of ether oxygens (including phenoxy) is 1. The highest BCUT2D eigenvalue weighted by Crippen LogP contribution is 2.39. The fraction of sp³-hybridized carbons (Fsp3) is 0.222. The second-order valence-corrected chi connectivity index (χ2v) is 10.5. The Bertz CT molecular complexity index is 1560. The number of carbonyl (C=O) groups is 2. The molecule has 2 aromatic heterocycles. The Morgan fingerprint density at radius 3 is 2.47 bits per heavy atom. The van der Waals surface area contributed by atoms with Crippen LogP contribution in [0.1, 0.15) is 61.6 Å². The van der Waals surface area contributed by atoms with Crippen LogP contribution in [0.5, 0.6) is 0 Å². The molecule has 1 aliphatic rings. The van der Waals surface area contributed by atoms with Gasteiger partial charge in [0.05, 0.1) is 12.1 Å². The van der Waals surface area contributed by atoms with Crippen LogP contribution in [-0.4, -0.2) is 37.6 Å². The molecule has 0 bridgehead atoms. The lowest BCUT2D eigenvalue weighted by Crippen LogP contribution is -2.18. The summed E-state index contributed by atoms with van der Waals surface area (Å²) < 4.78 is 7.53. The zero-order chi connectivity index (χ0) is 27.0. The summed E-state index contributed by atoms with van der Waals surface area (Å²) in [4.78, 5) is 30.7. The highest BCUT2D eigenvalue weighted by atomic mass is 35.5. The van der Waals surface area contributed by atoms with E-state index in [1.165, 1.54) is 12.1 Å². The fourth-order valence-corrected chi connectivity index (χ4v) is 5.67. The number of aliphatic imine (C=N–C) groups is 1. The monoisotopic (exact) mass is 549 g/mol. The van der Waals surface area contributed by atoms with Crippen LogP contribution < -0.4 is 5.48 Å². The summed E-state index contributed by atoms with van der Waals surface area (Å²) in [6.07, 6.45) is -0.0345. The van der Waals surface area contributed by atoms with Crippen molar-refractivity contribution in [3.63, 3.8) is 0 Å². The Hall–Kier alpha value is -3.86. The molecule has 1 amide bonds. The van der Waals surface area contributed by atoms with E-state index in [1.54, 1.807) is 28.9 Å². The lowest BCUT2D eigenvalue weighted by Gasteiger charge is -2.13. The van der Waals surface area contributed by atoms with Crippen LogP contribution in [0.3, 0.4) is 0 Å². The van der Waals surface area contributed by atoms with Crippen molar-refractivity contribution in [1.29, 1.82) is 0 Å². The first-order valence-electron chi connectivity index (χ1n) is 11.8. The number of fused-ring (bicyclic) bond motifs is 3. The predicted octanol–water partition coefficient (Wildman–Crippen LogP) is 5.05. The molecule has 4 aromatic rings. The van der Waals surface area contributed by atoms with Crippen molar-refractivity contribution in [2.24, 2.45) is 4.99 Å². The van der Waals surface area contributed by atoms with E-state index in [9.17, 15) is 9.59 Å². The van der Waals surface area contributed by atoms with Crippen LogP contribution in [0.4, 0.5) is 0 Å². The van der Waals surface area contributed by atoms with Gasteiger partial charge in [-0.2, -0.15) is 0 Å². The van der Waals surface area contributed by atoms with Gasteiger partial charge in [0.1, 0.15) is 23.5 Å². The van der Waals surface area contributed by atoms with Gasteiger partial charge < -0.3 is 4.74 Å². The molecule has 9 nitrogen and oxygen atoms in total. The van der Waals surface area contributed by atoms with Gasteiger partial charge in [-0.1, -0.05) is 35.9 Å². The first-order chi connectivity index (χ1) is 18.3. The number of nitrogens with zero attached hydrogens (tertiary/aromatic N) is 4. The average molecular weight is 550 g/mol. The Labute approximate surface area is 227 Å². The molecule has 5 rings (SSSR count). The molecule has 1 aliphatic heterocycles. The van der Waals surface area contributed by atoms with Gasteiger partial charge in [0.15, 0.2) is 5.82 Å². The molecule has 0 spiro atoms. The van der Waals surface area contributed by atoms with E-state index in [2.05, 4.69) is 24.0 Å². The van der Waals surface area contributed by atoms with E-state index in [0.29, 0.717) is 22.2 Å². The highest BCUT2D eigenvalue weighted by molar-refractivity contribution is 7.15. The topological polar surface area (TPSA) is 119 Å². The Balaban J connectivity index is 1.46. The first-order valence-corrected chi connectivity index (χ1v) is 13.0. The maximum atomic E-state index is 13.0. The maximum absolute atomic E-state index is 13.0. The predicted molar refractivity (Wildman–Crippen MR) is 143 cm³/mol. The molecule has 0 unspecified atom stereocenters. The van der Waals surface area contributed by atoms with E-state index in [-0.39, 0.29) is 18.6 Å². The number of benzene rings is 2. The summed E-state index contributed by atoms with van der Waals surface area (Å²) in [6, 6.07) is 13.3. The standard InChI is InChI=1S/C27H24ClN5O4S/c1-14-15(2)38-27-23(14)24(18-8-10-20(28)11-9-18)29-21(25-31-30-16(3)33(25)27)12-22(34)37-13-17-4-6-19(7-5-17)26(35)32-36/h4-11,21,36H,12-13H2,1-3H3,(H,32,35)/t21-/m0/s1. The Morgan fingerprint density at radius 2 is 1.79 bits per heavy atom. The van der Waals surface area contributed by atoms with E-state index in [1.807, 2.05) is 35.8 Å². The second-order valence-electron chi connectivity index (χ2n) is 8.91. The number of hydrogen-bond donors (Lipinski definition) is 2. The van der Waals surface area contributed by atoms with Crippen LogP contribution in [0.25, 0.3) is 5.00 Å². The van der Waals surface area contributed by atoms with E-state index < -0.39 is 17.9 Å². The number of nitrogens with one attached hydrogen (secondary N) is 1. The van der Waals surface area contributed by atoms with Gasteiger partial charge >= 0.3 is 5.97 Å². The van der Waals surface area contributed by atoms with Crippen LogP contribution >= 0.6 is 22.9 Å². The minimum Gasteiger partial charge on any atom is -0.461 e. The third-order valence-corrected chi connectivity index (χ3v) is 7.88.